The number of likely N-dealkylation sites (tertiary alicyclic amines) is 1. The van der Waals surface area contributed by atoms with Crippen molar-refractivity contribution < 1.29 is 14.0 Å². The van der Waals surface area contributed by atoms with Gasteiger partial charge in [-0.1, -0.05) is 18.2 Å². The van der Waals surface area contributed by atoms with Crippen LogP contribution in [-0.4, -0.2) is 39.6 Å². The summed E-state index contributed by atoms with van der Waals surface area (Å²) in [4.78, 5) is 26.6. The van der Waals surface area contributed by atoms with Crippen molar-refractivity contribution in [1.82, 2.24) is 14.7 Å². The van der Waals surface area contributed by atoms with Crippen molar-refractivity contribution in [2.75, 3.05) is 13.1 Å². The molecule has 7 heteroatoms. The van der Waals surface area contributed by atoms with Crippen LogP contribution in [0, 0.1) is 12.8 Å². The molecule has 3 heterocycles. The molecule has 2 N–H and O–H groups in total. The number of nitrogens with zero attached hydrogens (tertiary/aromatic N) is 3. The van der Waals surface area contributed by atoms with E-state index in [1.165, 1.54) is 0 Å². The summed E-state index contributed by atoms with van der Waals surface area (Å²) >= 11 is 0. The van der Waals surface area contributed by atoms with Gasteiger partial charge in [0.25, 0.3) is 5.91 Å². The number of aromatic nitrogens is 2. The highest BCUT2D eigenvalue weighted by molar-refractivity contribution is 5.99. The van der Waals surface area contributed by atoms with E-state index in [-0.39, 0.29) is 17.7 Å². The lowest BCUT2D eigenvalue weighted by Gasteiger charge is -2.31. The third kappa shape index (κ3) is 3.43. The molecule has 7 nitrogen and oxygen atoms in total. The van der Waals surface area contributed by atoms with E-state index in [4.69, 9.17) is 10.2 Å². The SMILES string of the molecule is Cc1ccc(-c2nn(-c3ccccc3)cc2C(=O)N2CCCC(C(N)=O)C2)o1. The number of nitrogens with two attached hydrogens (primary N) is 1. The molecule has 1 aliphatic heterocycles. The number of furan rings is 1. The smallest absolute Gasteiger partial charge is 0.257 e. The van der Waals surface area contributed by atoms with Crippen molar-refractivity contribution in [3.05, 3.63) is 60.0 Å². The van der Waals surface area contributed by atoms with Crippen LogP contribution in [0.2, 0.25) is 0 Å². The molecule has 28 heavy (non-hydrogen) atoms. The summed E-state index contributed by atoms with van der Waals surface area (Å²) in [6.07, 6.45) is 3.19. The summed E-state index contributed by atoms with van der Waals surface area (Å²) < 4.78 is 7.41. The molecule has 0 bridgehead atoms. The molecule has 0 radical (unpaired) electrons. The Bertz CT molecular complexity index is 1010. The maximum absolute atomic E-state index is 13.3. The lowest BCUT2D eigenvalue weighted by atomic mass is 9.97. The number of hydrogen-bond acceptors (Lipinski definition) is 4. The molecule has 2 amide bonds. The zero-order valence-corrected chi connectivity index (χ0v) is 15.7. The van der Waals surface area contributed by atoms with Crippen LogP contribution in [-0.2, 0) is 4.79 Å². The molecule has 2 aromatic heterocycles. The molecule has 0 aliphatic carbocycles. The minimum Gasteiger partial charge on any atom is -0.460 e. The number of benzene rings is 1. The van der Waals surface area contributed by atoms with Crippen molar-refractivity contribution >= 4 is 11.8 Å². The zero-order valence-electron chi connectivity index (χ0n) is 15.7. The number of aryl methyl sites for hydroxylation is 1. The van der Waals surface area contributed by atoms with E-state index in [2.05, 4.69) is 5.10 Å². The highest BCUT2D eigenvalue weighted by Crippen LogP contribution is 2.28. The molecule has 1 fully saturated rings. The van der Waals surface area contributed by atoms with Crippen LogP contribution in [0.25, 0.3) is 17.1 Å². The molecular weight excluding hydrogens is 356 g/mol. The first-order chi connectivity index (χ1) is 13.5. The molecule has 4 rings (SSSR count). The summed E-state index contributed by atoms with van der Waals surface area (Å²) in [7, 11) is 0. The van der Waals surface area contributed by atoms with Crippen molar-refractivity contribution in [3.8, 4) is 17.1 Å². The first-order valence-corrected chi connectivity index (χ1v) is 9.33. The van der Waals surface area contributed by atoms with Gasteiger partial charge in [-0.05, 0) is 44.0 Å². The Morgan fingerprint density at radius 3 is 2.64 bits per heavy atom. The number of carbonyl (C=O) groups is 2. The molecule has 3 aromatic rings. The van der Waals surface area contributed by atoms with Gasteiger partial charge in [-0.3, -0.25) is 9.59 Å². The van der Waals surface area contributed by atoms with Gasteiger partial charge >= 0.3 is 0 Å². The third-order valence-electron chi connectivity index (χ3n) is 5.05. The van der Waals surface area contributed by atoms with Gasteiger partial charge in [0.2, 0.25) is 5.91 Å². The monoisotopic (exact) mass is 378 g/mol. The highest BCUT2D eigenvalue weighted by atomic mass is 16.3. The van der Waals surface area contributed by atoms with Gasteiger partial charge in [0.15, 0.2) is 5.76 Å². The highest BCUT2D eigenvalue weighted by Gasteiger charge is 2.30. The third-order valence-corrected chi connectivity index (χ3v) is 5.05. The average molecular weight is 378 g/mol. The molecule has 0 saturated carbocycles. The number of carbonyl (C=O) groups excluding carboxylic acids is 2. The van der Waals surface area contributed by atoms with E-state index in [9.17, 15) is 9.59 Å². The molecule has 0 spiro atoms. The van der Waals surface area contributed by atoms with E-state index in [1.54, 1.807) is 15.8 Å². The van der Waals surface area contributed by atoms with Crippen molar-refractivity contribution in [3.63, 3.8) is 0 Å². The summed E-state index contributed by atoms with van der Waals surface area (Å²) in [6.45, 7) is 2.78. The predicted molar refractivity (Wildman–Crippen MR) is 104 cm³/mol. The lowest BCUT2D eigenvalue weighted by Crippen LogP contribution is -2.44. The second kappa shape index (κ2) is 7.34. The second-order valence-corrected chi connectivity index (χ2v) is 7.07. The Balaban J connectivity index is 1.73. The summed E-state index contributed by atoms with van der Waals surface area (Å²) in [5.41, 5.74) is 7.25. The summed E-state index contributed by atoms with van der Waals surface area (Å²) in [6, 6.07) is 13.2. The van der Waals surface area contributed by atoms with Crippen molar-refractivity contribution in [2.45, 2.75) is 19.8 Å². The molecule has 1 aromatic carbocycles. The fraction of sp³-hybridized carbons (Fsp3) is 0.286. The van der Waals surface area contributed by atoms with Gasteiger partial charge < -0.3 is 15.1 Å². The van der Waals surface area contributed by atoms with Gasteiger partial charge in [0.05, 0.1) is 17.2 Å². The van der Waals surface area contributed by atoms with Crippen LogP contribution in [0.1, 0.15) is 29.0 Å². The largest absolute Gasteiger partial charge is 0.460 e. The van der Waals surface area contributed by atoms with Gasteiger partial charge in [0.1, 0.15) is 11.5 Å². The normalized spacial score (nSPS) is 16.9. The van der Waals surface area contributed by atoms with Crippen molar-refractivity contribution in [1.29, 1.82) is 0 Å². The number of para-hydroxylation sites is 1. The minimum atomic E-state index is -0.362. The first-order valence-electron chi connectivity index (χ1n) is 9.33. The van der Waals surface area contributed by atoms with Crippen LogP contribution in [0.15, 0.2) is 53.1 Å². The fourth-order valence-corrected chi connectivity index (χ4v) is 3.55. The maximum atomic E-state index is 13.3. The first kappa shape index (κ1) is 18.0. The fourth-order valence-electron chi connectivity index (χ4n) is 3.55. The van der Waals surface area contributed by atoms with E-state index in [0.29, 0.717) is 36.5 Å². The summed E-state index contributed by atoms with van der Waals surface area (Å²) in [5, 5.41) is 4.62. The van der Waals surface area contributed by atoms with Gasteiger partial charge in [0, 0.05) is 19.3 Å². The van der Waals surface area contributed by atoms with E-state index in [0.717, 1.165) is 17.9 Å². The maximum Gasteiger partial charge on any atom is 0.257 e. The molecular formula is C21H22N4O3. The number of piperidine rings is 1. The van der Waals surface area contributed by atoms with Crippen LogP contribution in [0.5, 0.6) is 0 Å². The minimum absolute atomic E-state index is 0.169. The molecule has 144 valence electrons. The Hall–Kier alpha value is -3.35. The second-order valence-electron chi connectivity index (χ2n) is 7.07. The average Bonchev–Trinajstić information content (AvgIpc) is 3.34. The van der Waals surface area contributed by atoms with Crippen LogP contribution >= 0.6 is 0 Å². The van der Waals surface area contributed by atoms with Crippen molar-refractivity contribution in [2.24, 2.45) is 11.7 Å². The topological polar surface area (TPSA) is 94.4 Å². The number of rotatable bonds is 4. The molecule has 1 saturated heterocycles. The van der Waals surface area contributed by atoms with Crippen LogP contribution in [0.3, 0.4) is 0 Å². The van der Waals surface area contributed by atoms with Gasteiger partial charge in [-0.2, -0.15) is 5.10 Å². The number of amides is 2. The molecule has 1 unspecified atom stereocenters. The van der Waals surface area contributed by atoms with E-state index < -0.39 is 0 Å². The lowest BCUT2D eigenvalue weighted by molar-refractivity contribution is -0.123. The Kier molecular flexibility index (Phi) is 4.73. The van der Waals surface area contributed by atoms with Gasteiger partial charge in [-0.25, -0.2) is 4.68 Å². The number of hydrogen-bond donors (Lipinski definition) is 1. The van der Waals surface area contributed by atoms with E-state index in [1.807, 2.05) is 49.4 Å². The van der Waals surface area contributed by atoms with Gasteiger partial charge in [-0.15, -0.1) is 0 Å². The number of primary amides is 1. The Morgan fingerprint density at radius 1 is 1.18 bits per heavy atom. The summed E-state index contributed by atoms with van der Waals surface area (Å²) in [5.74, 6) is 0.446. The zero-order chi connectivity index (χ0) is 19.7. The van der Waals surface area contributed by atoms with Crippen LogP contribution in [0.4, 0.5) is 0 Å². The van der Waals surface area contributed by atoms with E-state index >= 15 is 0 Å². The Labute approximate surface area is 162 Å². The Morgan fingerprint density at radius 2 is 1.96 bits per heavy atom. The van der Waals surface area contributed by atoms with Crippen LogP contribution < -0.4 is 5.73 Å². The predicted octanol–water partition coefficient (Wildman–Crippen LogP) is 2.78. The standard InChI is InChI=1S/C21H22N4O3/c1-14-9-10-18(28-14)19-17(13-25(23-19)16-7-3-2-4-8-16)21(27)24-11-5-6-15(12-24)20(22)26/h2-4,7-10,13,15H,5-6,11-12H2,1H3,(H2,22,26). The molecule has 1 aliphatic rings. The quantitative estimate of drug-likeness (QED) is 0.755. The molecule has 1 atom stereocenters.